The second kappa shape index (κ2) is 3.54. The van der Waals surface area contributed by atoms with E-state index in [0.29, 0.717) is 19.5 Å². The first kappa shape index (κ1) is 8.82. The lowest BCUT2D eigenvalue weighted by Crippen LogP contribution is -2.24. The van der Waals surface area contributed by atoms with E-state index in [4.69, 9.17) is 10.8 Å². The molecule has 1 aliphatic rings. The number of hydrogen-bond acceptors (Lipinski definition) is 3. The number of terminal acetylenes is 1. The van der Waals surface area contributed by atoms with Gasteiger partial charge in [-0.2, -0.15) is 0 Å². The van der Waals surface area contributed by atoms with Crippen LogP contribution in [0.3, 0.4) is 0 Å². The molecule has 0 radical (unpaired) electrons. The molecular weight excluding hydrogens is 180 g/mol. The lowest BCUT2D eigenvalue weighted by Gasteiger charge is -2.13. The Balaban J connectivity index is 2.00. The SMILES string of the molecule is C#CC1CC(=O)N(Cc2cocn2)C1. The molecule has 0 bridgehead atoms. The van der Waals surface area contributed by atoms with Crippen LogP contribution in [0.15, 0.2) is 17.1 Å². The zero-order chi connectivity index (χ0) is 9.97. The van der Waals surface area contributed by atoms with Crippen LogP contribution < -0.4 is 0 Å². The Labute approximate surface area is 81.9 Å². The number of carbonyl (C=O) groups excluding carboxylic acids is 1. The van der Waals surface area contributed by atoms with Crippen molar-refractivity contribution < 1.29 is 9.21 Å². The van der Waals surface area contributed by atoms with Crippen LogP contribution in [0.1, 0.15) is 12.1 Å². The van der Waals surface area contributed by atoms with Crippen molar-refractivity contribution in [2.75, 3.05) is 6.54 Å². The largest absolute Gasteiger partial charge is 0.451 e. The highest BCUT2D eigenvalue weighted by Gasteiger charge is 2.28. The Morgan fingerprint density at radius 2 is 2.64 bits per heavy atom. The quantitative estimate of drug-likeness (QED) is 0.643. The minimum absolute atomic E-state index is 0.0504. The lowest BCUT2D eigenvalue weighted by molar-refractivity contribution is -0.128. The summed E-state index contributed by atoms with van der Waals surface area (Å²) in [6, 6.07) is 0. The highest BCUT2D eigenvalue weighted by molar-refractivity contribution is 5.79. The van der Waals surface area contributed by atoms with E-state index in [-0.39, 0.29) is 11.8 Å². The van der Waals surface area contributed by atoms with Gasteiger partial charge in [-0.1, -0.05) is 0 Å². The summed E-state index contributed by atoms with van der Waals surface area (Å²) in [6.45, 7) is 1.12. The molecule has 1 fully saturated rings. The van der Waals surface area contributed by atoms with Gasteiger partial charge in [0.05, 0.1) is 12.2 Å². The predicted octanol–water partition coefficient (Wildman–Crippen LogP) is 0.656. The summed E-state index contributed by atoms with van der Waals surface area (Å²) in [5.41, 5.74) is 0.760. The van der Waals surface area contributed by atoms with Gasteiger partial charge in [-0.15, -0.1) is 12.3 Å². The van der Waals surface area contributed by atoms with Crippen LogP contribution in [0, 0.1) is 18.3 Å². The summed E-state index contributed by atoms with van der Waals surface area (Å²) >= 11 is 0. The van der Waals surface area contributed by atoms with Crippen molar-refractivity contribution in [3.63, 3.8) is 0 Å². The molecule has 0 spiro atoms. The van der Waals surface area contributed by atoms with Crippen molar-refractivity contribution in [2.24, 2.45) is 5.92 Å². The van der Waals surface area contributed by atoms with E-state index in [0.717, 1.165) is 5.69 Å². The molecule has 4 nitrogen and oxygen atoms in total. The molecule has 1 amide bonds. The maximum Gasteiger partial charge on any atom is 0.224 e. The maximum atomic E-state index is 11.4. The third-order valence-corrected chi connectivity index (χ3v) is 2.29. The summed E-state index contributed by atoms with van der Waals surface area (Å²) in [4.78, 5) is 17.1. The molecular formula is C10H10N2O2. The number of hydrogen-bond donors (Lipinski definition) is 0. The predicted molar refractivity (Wildman–Crippen MR) is 48.9 cm³/mol. The van der Waals surface area contributed by atoms with Crippen LogP contribution >= 0.6 is 0 Å². The van der Waals surface area contributed by atoms with Gasteiger partial charge in [0.15, 0.2) is 6.39 Å². The first-order valence-electron chi connectivity index (χ1n) is 4.40. The fraction of sp³-hybridized carbons (Fsp3) is 0.400. The summed E-state index contributed by atoms with van der Waals surface area (Å²) < 4.78 is 4.82. The number of oxazole rings is 1. The lowest BCUT2D eigenvalue weighted by atomic mass is 10.1. The Bertz CT molecular complexity index is 364. The third kappa shape index (κ3) is 1.62. The maximum absolute atomic E-state index is 11.4. The van der Waals surface area contributed by atoms with Crippen molar-refractivity contribution in [3.8, 4) is 12.3 Å². The number of likely N-dealkylation sites (tertiary alicyclic amines) is 1. The second-order valence-corrected chi connectivity index (χ2v) is 3.32. The standard InChI is InChI=1S/C10H10N2O2/c1-2-8-3-10(13)12(4-8)5-9-6-14-7-11-9/h1,6-8H,3-5H2. The highest BCUT2D eigenvalue weighted by Crippen LogP contribution is 2.18. The van der Waals surface area contributed by atoms with Gasteiger partial charge in [-0.05, 0) is 0 Å². The van der Waals surface area contributed by atoms with E-state index in [1.54, 1.807) is 4.90 Å². The monoisotopic (exact) mass is 190 g/mol. The minimum Gasteiger partial charge on any atom is -0.451 e. The van der Waals surface area contributed by atoms with Crippen molar-refractivity contribution >= 4 is 5.91 Å². The zero-order valence-electron chi connectivity index (χ0n) is 7.64. The molecule has 0 aliphatic carbocycles. The summed E-state index contributed by atoms with van der Waals surface area (Å²) in [5.74, 6) is 2.74. The molecule has 14 heavy (non-hydrogen) atoms. The van der Waals surface area contributed by atoms with Crippen molar-refractivity contribution in [3.05, 3.63) is 18.4 Å². The normalized spacial score (nSPS) is 21.2. The molecule has 1 aliphatic heterocycles. The number of aromatic nitrogens is 1. The number of nitrogens with zero attached hydrogens (tertiary/aromatic N) is 2. The molecule has 72 valence electrons. The van der Waals surface area contributed by atoms with Crippen molar-refractivity contribution in [1.82, 2.24) is 9.88 Å². The topological polar surface area (TPSA) is 46.3 Å². The third-order valence-electron chi connectivity index (χ3n) is 2.29. The zero-order valence-corrected chi connectivity index (χ0v) is 7.64. The molecule has 0 N–H and O–H groups in total. The van der Waals surface area contributed by atoms with Crippen molar-refractivity contribution in [1.29, 1.82) is 0 Å². The Morgan fingerprint density at radius 3 is 3.21 bits per heavy atom. The van der Waals surface area contributed by atoms with Gasteiger partial charge in [-0.3, -0.25) is 4.79 Å². The summed E-state index contributed by atoms with van der Waals surface area (Å²) in [6.07, 6.45) is 8.62. The van der Waals surface area contributed by atoms with E-state index in [2.05, 4.69) is 10.9 Å². The molecule has 0 saturated carbocycles. The van der Waals surface area contributed by atoms with Crippen molar-refractivity contribution in [2.45, 2.75) is 13.0 Å². The van der Waals surface area contributed by atoms with Gasteiger partial charge in [0.25, 0.3) is 0 Å². The first-order valence-corrected chi connectivity index (χ1v) is 4.40. The number of carbonyl (C=O) groups is 1. The van der Waals surface area contributed by atoms with Gasteiger partial charge in [0.2, 0.25) is 5.91 Å². The molecule has 2 rings (SSSR count). The van der Waals surface area contributed by atoms with Crippen LogP contribution in [0.25, 0.3) is 0 Å². The van der Waals surface area contributed by atoms with Crippen LogP contribution in [-0.4, -0.2) is 22.3 Å². The van der Waals surface area contributed by atoms with Crippen LogP contribution in [0.4, 0.5) is 0 Å². The molecule has 1 unspecified atom stereocenters. The number of amides is 1. The molecule has 1 saturated heterocycles. The minimum atomic E-state index is 0.0504. The smallest absolute Gasteiger partial charge is 0.224 e. The Hall–Kier alpha value is -1.76. The van der Waals surface area contributed by atoms with Crippen LogP contribution in [-0.2, 0) is 11.3 Å². The molecule has 0 aromatic carbocycles. The summed E-state index contributed by atoms with van der Waals surface area (Å²) in [5, 5.41) is 0. The molecule has 1 aromatic heterocycles. The second-order valence-electron chi connectivity index (χ2n) is 3.32. The highest BCUT2D eigenvalue weighted by atomic mass is 16.3. The van der Waals surface area contributed by atoms with Gasteiger partial charge in [0.1, 0.15) is 6.26 Å². The van der Waals surface area contributed by atoms with E-state index in [1.807, 2.05) is 0 Å². The van der Waals surface area contributed by atoms with E-state index in [9.17, 15) is 4.79 Å². The summed E-state index contributed by atoms with van der Waals surface area (Å²) in [7, 11) is 0. The van der Waals surface area contributed by atoms with Gasteiger partial charge in [-0.25, -0.2) is 4.98 Å². The Kier molecular flexibility index (Phi) is 2.23. The number of rotatable bonds is 2. The molecule has 4 heteroatoms. The average Bonchev–Trinajstić information content (AvgIpc) is 2.78. The Morgan fingerprint density at radius 1 is 1.79 bits per heavy atom. The van der Waals surface area contributed by atoms with E-state index >= 15 is 0 Å². The average molecular weight is 190 g/mol. The van der Waals surface area contributed by atoms with E-state index in [1.165, 1.54) is 12.7 Å². The van der Waals surface area contributed by atoms with Gasteiger partial charge < -0.3 is 9.32 Å². The van der Waals surface area contributed by atoms with Crippen LogP contribution in [0.5, 0.6) is 0 Å². The van der Waals surface area contributed by atoms with E-state index < -0.39 is 0 Å². The fourth-order valence-corrected chi connectivity index (χ4v) is 1.55. The molecule has 1 atom stereocenters. The van der Waals surface area contributed by atoms with Crippen LogP contribution in [0.2, 0.25) is 0 Å². The molecule has 2 heterocycles. The first-order chi connectivity index (χ1) is 6.79. The fourth-order valence-electron chi connectivity index (χ4n) is 1.55. The molecule has 1 aromatic rings. The van der Waals surface area contributed by atoms with Gasteiger partial charge in [0, 0.05) is 18.9 Å². The van der Waals surface area contributed by atoms with Gasteiger partial charge >= 0.3 is 0 Å².